The molecule has 0 fully saturated rings. The van der Waals surface area contributed by atoms with Crippen LogP contribution in [0.2, 0.25) is 0 Å². The first-order valence-electron chi connectivity index (χ1n) is 5.03. The molecule has 0 saturated carbocycles. The van der Waals surface area contributed by atoms with Gasteiger partial charge in [0.05, 0.1) is 15.7 Å². The molecule has 1 rings (SSSR count). The second kappa shape index (κ2) is 4.88. The Bertz CT molecular complexity index is 355. The number of hydrogen-bond acceptors (Lipinski definition) is 1. The van der Waals surface area contributed by atoms with Gasteiger partial charge < -0.3 is 0 Å². The predicted molar refractivity (Wildman–Crippen MR) is 61.7 cm³/mol. The number of hydrogen-bond donors (Lipinski definition) is 0. The Balaban J connectivity index is 2.66. The maximum absolute atomic E-state index is 13.3. The maximum atomic E-state index is 13.3. The second-order valence-corrected chi connectivity index (χ2v) is 6.33. The fourth-order valence-corrected chi connectivity index (χ4v) is 2.67. The lowest BCUT2D eigenvalue weighted by atomic mass is 9.94. The summed E-state index contributed by atoms with van der Waals surface area (Å²) in [4.78, 5) is 0.321. The lowest BCUT2D eigenvalue weighted by Crippen LogP contribution is -2.11. The molecule has 1 aromatic rings. The third-order valence-electron chi connectivity index (χ3n) is 2.12. The zero-order valence-electron chi connectivity index (χ0n) is 9.42. The van der Waals surface area contributed by atoms with Gasteiger partial charge in [-0.1, -0.05) is 32.9 Å². The van der Waals surface area contributed by atoms with Gasteiger partial charge in [-0.25, -0.2) is 4.39 Å². The third-order valence-corrected chi connectivity index (χ3v) is 3.52. The molecule has 0 aliphatic heterocycles. The molecule has 0 spiro atoms. The summed E-state index contributed by atoms with van der Waals surface area (Å²) in [5.74, 6) is 0.148. The van der Waals surface area contributed by atoms with Crippen molar-refractivity contribution in [3.8, 4) is 0 Å². The van der Waals surface area contributed by atoms with Crippen molar-refractivity contribution < 1.29 is 8.60 Å². The van der Waals surface area contributed by atoms with Crippen LogP contribution in [-0.2, 0) is 10.8 Å². The minimum Gasteiger partial charge on any atom is -0.254 e. The first-order chi connectivity index (χ1) is 6.90. The Hall–Kier alpha value is -0.700. The summed E-state index contributed by atoms with van der Waals surface area (Å²) >= 11 is 0. The Kier molecular flexibility index (Phi) is 4.03. The highest BCUT2D eigenvalue weighted by atomic mass is 32.2. The summed E-state index contributed by atoms with van der Waals surface area (Å²) in [5.41, 5.74) is 0.140. The highest BCUT2D eigenvalue weighted by Crippen LogP contribution is 2.21. The van der Waals surface area contributed by atoms with Gasteiger partial charge in [-0.2, -0.15) is 0 Å². The van der Waals surface area contributed by atoms with Crippen molar-refractivity contribution in [2.24, 2.45) is 5.41 Å². The van der Waals surface area contributed by atoms with Crippen LogP contribution in [0, 0.1) is 11.2 Å². The van der Waals surface area contributed by atoms with E-state index in [1.165, 1.54) is 6.07 Å². The number of benzene rings is 1. The van der Waals surface area contributed by atoms with Crippen molar-refractivity contribution in [2.75, 3.05) is 5.75 Å². The molecule has 0 amide bonds. The molecule has 3 heteroatoms. The van der Waals surface area contributed by atoms with E-state index in [1.807, 2.05) is 0 Å². The first kappa shape index (κ1) is 12.4. The molecule has 84 valence electrons. The standard InChI is InChI=1S/C12H17FOS/c1-12(2,3)8-9-15(14)11-7-5-4-6-10(11)13/h4-7H,8-9H2,1-3H3. The molecule has 0 aliphatic rings. The molecule has 0 aromatic heterocycles. The number of halogens is 1. The molecule has 1 aromatic carbocycles. The van der Waals surface area contributed by atoms with Crippen molar-refractivity contribution in [2.45, 2.75) is 32.1 Å². The fourth-order valence-electron chi connectivity index (χ4n) is 1.14. The molecule has 1 atom stereocenters. The molecule has 1 unspecified atom stereocenters. The molecule has 0 N–H and O–H groups in total. The zero-order valence-corrected chi connectivity index (χ0v) is 10.2. The molecular weight excluding hydrogens is 211 g/mol. The maximum Gasteiger partial charge on any atom is 0.139 e. The van der Waals surface area contributed by atoms with E-state index in [0.29, 0.717) is 10.6 Å². The molecule has 0 saturated heterocycles. The summed E-state index contributed by atoms with van der Waals surface area (Å²) in [5, 5.41) is 0. The largest absolute Gasteiger partial charge is 0.254 e. The van der Waals surface area contributed by atoms with Crippen LogP contribution in [-0.4, -0.2) is 9.96 Å². The molecule has 0 bridgehead atoms. The lowest BCUT2D eigenvalue weighted by Gasteiger charge is -2.17. The van der Waals surface area contributed by atoms with Gasteiger partial charge in [-0.3, -0.25) is 4.21 Å². The van der Waals surface area contributed by atoms with Crippen LogP contribution in [0.3, 0.4) is 0 Å². The normalized spacial score (nSPS) is 13.9. The SMILES string of the molecule is CC(C)(C)CCS(=O)c1ccccc1F. The minimum atomic E-state index is -1.22. The average molecular weight is 228 g/mol. The van der Waals surface area contributed by atoms with Crippen molar-refractivity contribution in [1.29, 1.82) is 0 Å². The van der Waals surface area contributed by atoms with Gasteiger partial charge in [0.15, 0.2) is 0 Å². The van der Waals surface area contributed by atoms with Gasteiger partial charge in [0, 0.05) is 5.75 Å². The van der Waals surface area contributed by atoms with Crippen LogP contribution < -0.4 is 0 Å². The Morgan fingerprint density at radius 1 is 1.27 bits per heavy atom. The van der Waals surface area contributed by atoms with E-state index < -0.39 is 10.8 Å². The Morgan fingerprint density at radius 2 is 1.87 bits per heavy atom. The summed E-state index contributed by atoms with van der Waals surface area (Å²) in [6.45, 7) is 6.27. The van der Waals surface area contributed by atoms with Gasteiger partial charge in [0.1, 0.15) is 5.82 Å². The van der Waals surface area contributed by atoms with Crippen LogP contribution in [0.25, 0.3) is 0 Å². The van der Waals surface area contributed by atoms with Gasteiger partial charge >= 0.3 is 0 Å². The topological polar surface area (TPSA) is 17.1 Å². The van der Waals surface area contributed by atoms with Gasteiger partial charge in [-0.15, -0.1) is 0 Å². The zero-order chi connectivity index (χ0) is 11.5. The Labute approximate surface area is 93.2 Å². The molecule has 0 aliphatic carbocycles. The monoisotopic (exact) mass is 228 g/mol. The smallest absolute Gasteiger partial charge is 0.139 e. The fraction of sp³-hybridized carbons (Fsp3) is 0.500. The van der Waals surface area contributed by atoms with E-state index in [2.05, 4.69) is 20.8 Å². The first-order valence-corrected chi connectivity index (χ1v) is 6.35. The predicted octanol–water partition coefficient (Wildman–Crippen LogP) is 3.37. The van der Waals surface area contributed by atoms with Gasteiger partial charge in [-0.05, 0) is 24.0 Å². The van der Waals surface area contributed by atoms with Gasteiger partial charge in [0.25, 0.3) is 0 Å². The van der Waals surface area contributed by atoms with E-state index in [-0.39, 0.29) is 11.2 Å². The van der Waals surface area contributed by atoms with E-state index in [4.69, 9.17) is 0 Å². The van der Waals surface area contributed by atoms with Crippen molar-refractivity contribution in [1.82, 2.24) is 0 Å². The molecule has 1 nitrogen and oxygen atoms in total. The van der Waals surface area contributed by atoms with Crippen LogP contribution in [0.1, 0.15) is 27.2 Å². The number of rotatable bonds is 3. The van der Waals surface area contributed by atoms with Gasteiger partial charge in [0.2, 0.25) is 0 Å². The molecule has 15 heavy (non-hydrogen) atoms. The molecular formula is C12H17FOS. The molecule has 0 radical (unpaired) electrons. The van der Waals surface area contributed by atoms with Crippen molar-refractivity contribution >= 4 is 10.8 Å². The van der Waals surface area contributed by atoms with Crippen molar-refractivity contribution in [3.05, 3.63) is 30.1 Å². The summed E-state index contributed by atoms with van der Waals surface area (Å²) in [7, 11) is -1.22. The quantitative estimate of drug-likeness (QED) is 0.775. The minimum absolute atomic E-state index is 0.140. The summed E-state index contributed by atoms with van der Waals surface area (Å²) < 4.78 is 25.1. The highest BCUT2D eigenvalue weighted by molar-refractivity contribution is 7.85. The second-order valence-electron chi connectivity index (χ2n) is 4.79. The van der Waals surface area contributed by atoms with E-state index >= 15 is 0 Å². The summed E-state index contributed by atoms with van der Waals surface area (Å²) in [6, 6.07) is 6.27. The van der Waals surface area contributed by atoms with Crippen LogP contribution >= 0.6 is 0 Å². The third kappa shape index (κ3) is 4.12. The van der Waals surface area contributed by atoms with Crippen molar-refractivity contribution in [3.63, 3.8) is 0 Å². The van der Waals surface area contributed by atoms with E-state index in [9.17, 15) is 8.60 Å². The van der Waals surface area contributed by atoms with Crippen LogP contribution in [0.15, 0.2) is 29.2 Å². The highest BCUT2D eigenvalue weighted by Gasteiger charge is 2.14. The Morgan fingerprint density at radius 3 is 2.40 bits per heavy atom. The average Bonchev–Trinajstić information content (AvgIpc) is 2.14. The lowest BCUT2D eigenvalue weighted by molar-refractivity contribution is 0.399. The van der Waals surface area contributed by atoms with E-state index in [1.54, 1.807) is 18.2 Å². The summed E-state index contributed by atoms with van der Waals surface area (Å²) in [6.07, 6.45) is 0.827. The van der Waals surface area contributed by atoms with Crippen LogP contribution in [0.5, 0.6) is 0 Å². The van der Waals surface area contributed by atoms with E-state index in [0.717, 1.165) is 6.42 Å². The van der Waals surface area contributed by atoms with Crippen LogP contribution in [0.4, 0.5) is 4.39 Å². The molecule has 0 heterocycles.